The molecule has 6 nitrogen and oxygen atoms in total. The first-order chi connectivity index (χ1) is 15.7. The summed E-state index contributed by atoms with van der Waals surface area (Å²) < 4.78 is 43.9. The van der Waals surface area contributed by atoms with Crippen LogP contribution in [0.2, 0.25) is 0 Å². The standard InChI is InChI=1S/C25H30O6S/c1-3-15-27-22-21-20(17-29-24(31-21)19-13-9-6-10-14-19)30-25(32(26)4-2)23(22)28-16-18-11-7-5-8-12-18/h3,5-14,20-25H,1,4,15-17H2,2H3/t20-,21-,22+,23+,24?,25-,32?/m1/s1. The maximum absolute atomic E-state index is 12.9. The zero-order chi connectivity index (χ0) is 22.3. The third-order valence-corrected chi connectivity index (χ3v) is 7.06. The molecule has 7 atom stereocenters. The van der Waals surface area contributed by atoms with Gasteiger partial charge in [0.05, 0.1) is 30.6 Å². The first kappa shape index (κ1) is 23.3. The van der Waals surface area contributed by atoms with Gasteiger partial charge in [-0.2, -0.15) is 0 Å². The maximum atomic E-state index is 12.9. The summed E-state index contributed by atoms with van der Waals surface area (Å²) in [5.74, 6) is 0.454. The minimum atomic E-state index is -1.25. The molecule has 0 N–H and O–H groups in total. The first-order valence-corrected chi connectivity index (χ1v) is 12.3. The van der Waals surface area contributed by atoms with E-state index in [1.54, 1.807) is 6.08 Å². The molecule has 0 amide bonds. The molecule has 2 aliphatic heterocycles. The van der Waals surface area contributed by atoms with Crippen LogP contribution in [0.1, 0.15) is 24.3 Å². The van der Waals surface area contributed by atoms with Crippen molar-refractivity contribution in [3.05, 3.63) is 84.4 Å². The third-order valence-electron chi connectivity index (χ3n) is 5.59. The van der Waals surface area contributed by atoms with Crippen molar-refractivity contribution in [1.82, 2.24) is 0 Å². The van der Waals surface area contributed by atoms with Gasteiger partial charge >= 0.3 is 0 Å². The zero-order valence-corrected chi connectivity index (χ0v) is 19.0. The average Bonchev–Trinajstić information content (AvgIpc) is 2.86. The monoisotopic (exact) mass is 458 g/mol. The van der Waals surface area contributed by atoms with E-state index in [2.05, 4.69) is 6.58 Å². The summed E-state index contributed by atoms with van der Waals surface area (Å²) in [5, 5.41) is 0. The van der Waals surface area contributed by atoms with E-state index in [-0.39, 0.29) is 0 Å². The Hall–Kier alpha value is -1.87. The minimum Gasteiger partial charge on any atom is -0.368 e. The Bertz CT molecular complexity index is 877. The van der Waals surface area contributed by atoms with Crippen LogP contribution in [0, 0.1) is 0 Å². The highest BCUT2D eigenvalue weighted by molar-refractivity contribution is 7.85. The predicted octanol–water partition coefficient (Wildman–Crippen LogP) is 3.75. The van der Waals surface area contributed by atoms with Crippen LogP contribution in [0.4, 0.5) is 0 Å². The van der Waals surface area contributed by atoms with Crippen LogP contribution in [0.15, 0.2) is 73.3 Å². The molecular formula is C25H30O6S. The van der Waals surface area contributed by atoms with E-state index < -0.39 is 46.9 Å². The summed E-state index contributed by atoms with van der Waals surface area (Å²) in [6.07, 6.45) is -0.711. The lowest BCUT2D eigenvalue weighted by Crippen LogP contribution is -2.64. The smallest absolute Gasteiger partial charge is 0.184 e. The second kappa shape index (κ2) is 11.3. The fourth-order valence-electron chi connectivity index (χ4n) is 4.01. The Morgan fingerprint density at radius 1 is 1.03 bits per heavy atom. The topological polar surface area (TPSA) is 63.2 Å². The van der Waals surface area contributed by atoms with Gasteiger partial charge in [-0.3, -0.25) is 4.21 Å². The normalized spacial score (nSPS) is 30.9. The van der Waals surface area contributed by atoms with Crippen molar-refractivity contribution in [2.45, 2.75) is 49.7 Å². The molecule has 2 heterocycles. The van der Waals surface area contributed by atoms with E-state index in [0.717, 1.165) is 11.1 Å². The number of hydrogen-bond acceptors (Lipinski definition) is 6. The molecule has 2 aliphatic rings. The third kappa shape index (κ3) is 5.36. The summed E-state index contributed by atoms with van der Waals surface area (Å²) in [4.78, 5) is 0. The number of hydrogen-bond donors (Lipinski definition) is 0. The lowest BCUT2D eigenvalue weighted by molar-refractivity contribution is -0.327. The van der Waals surface area contributed by atoms with Gasteiger partial charge in [-0.25, -0.2) is 0 Å². The van der Waals surface area contributed by atoms with Gasteiger partial charge in [0.2, 0.25) is 0 Å². The number of fused-ring (bicyclic) bond motifs is 1. The van der Waals surface area contributed by atoms with Gasteiger partial charge in [-0.1, -0.05) is 73.7 Å². The van der Waals surface area contributed by atoms with Crippen LogP contribution in [-0.4, -0.2) is 53.0 Å². The second-order valence-electron chi connectivity index (χ2n) is 7.74. The lowest BCUT2D eigenvalue weighted by atomic mass is 9.98. The molecule has 2 saturated heterocycles. The highest BCUT2D eigenvalue weighted by atomic mass is 32.2. The van der Waals surface area contributed by atoms with E-state index >= 15 is 0 Å². The van der Waals surface area contributed by atoms with Gasteiger partial charge in [-0.05, 0) is 5.56 Å². The van der Waals surface area contributed by atoms with Crippen molar-refractivity contribution in [3.63, 3.8) is 0 Å². The molecule has 4 rings (SSSR count). The molecule has 2 aromatic carbocycles. The van der Waals surface area contributed by atoms with Gasteiger partial charge in [-0.15, -0.1) is 6.58 Å². The van der Waals surface area contributed by atoms with Gasteiger partial charge in [0, 0.05) is 11.3 Å². The van der Waals surface area contributed by atoms with Crippen molar-refractivity contribution < 1.29 is 27.9 Å². The molecule has 0 aromatic heterocycles. The molecule has 2 fully saturated rings. The molecule has 7 heteroatoms. The molecule has 2 aromatic rings. The summed E-state index contributed by atoms with van der Waals surface area (Å²) in [5.41, 5.74) is 1.31. The fraction of sp³-hybridized carbons (Fsp3) is 0.440. The Balaban J connectivity index is 1.59. The fourth-order valence-corrected chi connectivity index (χ4v) is 5.14. The molecule has 172 valence electrons. The molecule has 0 spiro atoms. The van der Waals surface area contributed by atoms with Gasteiger partial charge in [0.15, 0.2) is 11.7 Å². The zero-order valence-electron chi connectivity index (χ0n) is 18.2. The van der Waals surface area contributed by atoms with Gasteiger partial charge < -0.3 is 23.7 Å². The van der Waals surface area contributed by atoms with E-state index in [1.807, 2.05) is 67.6 Å². The lowest BCUT2D eigenvalue weighted by Gasteiger charge is -2.48. The molecule has 0 bridgehead atoms. The largest absolute Gasteiger partial charge is 0.368 e. The predicted molar refractivity (Wildman–Crippen MR) is 122 cm³/mol. The van der Waals surface area contributed by atoms with Gasteiger partial charge in [0.25, 0.3) is 0 Å². The summed E-state index contributed by atoms with van der Waals surface area (Å²) in [6.45, 7) is 6.65. The highest BCUT2D eigenvalue weighted by Gasteiger charge is 2.52. The summed E-state index contributed by atoms with van der Waals surface area (Å²) in [7, 11) is -1.25. The van der Waals surface area contributed by atoms with Crippen LogP contribution in [0.25, 0.3) is 0 Å². The maximum Gasteiger partial charge on any atom is 0.184 e. The van der Waals surface area contributed by atoms with Crippen LogP contribution in [0.5, 0.6) is 0 Å². The molecule has 0 radical (unpaired) electrons. The molecule has 32 heavy (non-hydrogen) atoms. The van der Waals surface area contributed by atoms with Crippen LogP contribution in [-0.2, 0) is 41.1 Å². The van der Waals surface area contributed by atoms with Crippen molar-refractivity contribution in [2.24, 2.45) is 0 Å². The quantitative estimate of drug-likeness (QED) is 0.534. The van der Waals surface area contributed by atoms with Crippen LogP contribution >= 0.6 is 0 Å². The highest BCUT2D eigenvalue weighted by Crippen LogP contribution is 2.37. The van der Waals surface area contributed by atoms with Crippen LogP contribution < -0.4 is 0 Å². The molecule has 0 aliphatic carbocycles. The van der Waals surface area contributed by atoms with E-state index in [4.69, 9.17) is 23.7 Å². The molecule has 0 saturated carbocycles. The molecular weight excluding hydrogens is 428 g/mol. The van der Waals surface area contributed by atoms with Crippen LogP contribution in [0.3, 0.4) is 0 Å². The summed E-state index contributed by atoms with van der Waals surface area (Å²) in [6, 6.07) is 19.7. The first-order valence-electron chi connectivity index (χ1n) is 10.9. The minimum absolute atomic E-state index is 0.320. The number of ether oxygens (including phenoxy) is 5. The van der Waals surface area contributed by atoms with E-state index in [9.17, 15) is 4.21 Å². The Labute approximate surface area is 191 Å². The summed E-state index contributed by atoms with van der Waals surface area (Å²) >= 11 is 0. The Morgan fingerprint density at radius 2 is 1.75 bits per heavy atom. The van der Waals surface area contributed by atoms with Crippen molar-refractivity contribution in [1.29, 1.82) is 0 Å². The van der Waals surface area contributed by atoms with Crippen molar-refractivity contribution >= 4 is 10.8 Å². The van der Waals surface area contributed by atoms with Crippen molar-refractivity contribution in [2.75, 3.05) is 19.0 Å². The van der Waals surface area contributed by atoms with Gasteiger partial charge in [0.1, 0.15) is 24.4 Å². The van der Waals surface area contributed by atoms with E-state index in [1.165, 1.54) is 0 Å². The number of benzene rings is 2. The molecule has 2 unspecified atom stereocenters. The number of rotatable bonds is 9. The average molecular weight is 459 g/mol. The Kier molecular flexibility index (Phi) is 8.24. The van der Waals surface area contributed by atoms with E-state index in [0.29, 0.717) is 25.6 Å². The SMILES string of the molecule is C=CCO[C@H]1[C@@H]2OC(c3ccccc3)OC[C@H]2O[C@H](S(=O)CC)[C@H]1OCc1ccccc1. The van der Waals surface area contributed by atoms with Crippen molar-refractivity contribution in [3.8, 4) is 0 Å². The second-order valence-corrected chi connectivity index (χ2v) is 9.54. The Morgan fingerprint density at radius 3 is 2.44 bits per heavy atom.